The average molecular weight is 210 g/mol. The Morgan fingerprint density at radius 1 is 1.60 bits per heavy atom. The molecular weight excluding hydrogens is 188 g/mol. The maximum atomic E-state index is 5.58. The van der Waals surface area contributed by atoms with Crippen LogP contribution < -0.4 is 11.3 Å². The molecular formula is C12H22N2O. The average Bonchev–Trinajstić information content (AvgIpc) is 2.21. The molecule has 0 aromatic heterocycles. The van der Waals surface area contributed by atoms with E-state index in [1.807, 2.05) is 0 Å². The summed E-state index contributed by atoms with van der Waals surface area (Å²) in [7, 11) is 1.80. The van der Waals surface area contributed by atoms with Crippen molar-refractivity contribution in [3.63, 3.8) is 0 Å². The van der Waals surface area contributed by atoms with Crippen LogP contribution in [-0.4, -0.2) is 18.8 Å². The Hall–Kier alpha value is -0.560. The van der Waals surface area contributed by atoms with E-state index in [2.05, 4.69) is 11.3 Å². The van der Waals surface area contributed by atoms with Crippen molar-refractivity contribution in [3.8, 4) is 12.3 Å². The molecule has 0 saturated heterocycles. The molecule has 1 fully saturated rings. The second-order valence-corrected chi connectivity index (χ2v) is 4.40. The molecule has 0 spiro atoms. The predicted octanol–water partition coefficient (Wildman–Crippen LogP) is 1.58. The van der Waals surface area contributed by atoms with Gasteiger partial charge in [0.05, 0.1) is 5.60 Å². The van der Waals surface area contributed by atoms with Crippen molar-refractivity contribution < 1.29 is 4.74 Å². The van der Waals surface area contributed by atoms with Gasteiger partial charge < -0.3 is 4.74 Å². The Morgan fingerprint density at radius 3 is 2.73 bits per heavy atom. The summed E-state index contributed by atoms with van der Waals surface area (Å²) < 4.78 is 5.58. The van der Waals surface area contributed by atoms with Crippen molar-refractivity contribution in [2.75, 3.05) is 7.11 Å². The van der Waals surface area contributed by atoms with E-state index in [4.69, 9.17) is 17.0 Å². The molecule has 0 heterocycles. The summed E-state index contributed by atoms with van der Waals surface area (Å²) >= 11 is 0. The number of ether oxygens (including phenoxy) is 1. The molecule has 1 unspecified atom stereocenters. The summed E-state index contributed by atoms with van der Waals surface area (Å²) in [5, 5.41) is 0. The second-order valence-electron chi connectivity index (χ2n) is 4.40. The van der Waals surface area contributed by atoms with Gasteiger partial charge in [0.25, 0.3) is 0 Å². The highest BCUT2D eigenvalue weighted by Gasteiger charge is 2.38. The minimum absolute atomic E-state index is 0.0905. The molecule has 1 atom stereocenters. The Balaban J connectivity index is 2.29. The SMILES string of the molecule is C#CCCCC(CC1(OC)CCC1)NN. The Kier molecular flexibility index (Phi) is 5.10. The smallest absolute Gasteiger partial charge is 0.0694 e. The largest absolute Gasteiger partial charge is 0.378 e. The fraction of sp³-hybridized carbons (Fsp3) is 0.833. The molecule has 0 amide bonds. The van der Waals surface area contributed by atoms with Crippen LogP contribution in [0.2, 0.25) is 0 Å². The van der Waals surface area contributed by atoms with Gasteiger partial charge in [-0.25, -0.2) is 0 Å². The number of nitrogens with two attached hydrogens (primary N) is 1. The zero-order valence-corrected chi connectivity index (χ0v) is 9.59. The molecule has 0 aromatic rings. The van der Waals surface area contributed by atoms with E-state index in [0.29, 0.717) is 6.04 Å². The van der Waals surface area contributed by atoms with Crippen LogP contribution in [0, 0.1) is 12.3 Å². The predicted molar refractivity (Wildman–Crippen MR) is 62.0 cm³/mol. The van der Waals surface area contributed by atoms with E-state index in [-0.39, 0.29) is 5.60 Å². The fourth-order valence-electron chi connectivity index (χ4n) is 2.21. The molecule has 1 aliphatic carbocycles. The van der Waals surface area contributed by atoms with E-state index < -0.39 is 0 Å². The Labute approximate surface area is 92.7 Å². The number of hydrogen-bond acceptors (Lipinski definition) is 3. The first-order valence-electron chi connectivity index (χ1n) is 5.71. The van der Waals surface area contributed by atoms with E-state index in [1.165, 1.54) is 6.42 Å². The van der Waals surface area contributed by atoms with E-state index in [9.17, 15) is 0 Å². The lowest BCUT2D eigenvalue weighted by molar-refractivity contribution is -0.0839. The third-order valence-corrected chi connectivity index (χ3v) is 3.43. The number of methoxy groups -OCH3 is 1. The normalized spacial score (nSPS) is 20.3. The highest BCUT2D eigenvalue weighted by Crippen LogP contribution is 2.39. The minimum Gasteiger partial charge on any atom is -0.378 e. The lowest BCUT2D eigenvalue weighted by atomic mass is 9.75. The summed E-state index contributed by atoms with van der Waals surface area (Å²) in [5.41, 5.74) is 2.96. The van der Waals surface area contributed by atoms with Crippen molar-refractivity contribution in [1.82, 2.24) is 5.43 Å². The summed E-state index contributed by atoms with van der Waals surface area (Å²) in [5.74, 6) is 8.19. The third-order valence-electron chi connectivity index (χ3n) is 3.43. The van der Waals surface area contributed by atoms with Crippen molar-refractivity contribution in [2.45, 2.75) is 56.6 Å². The minimum atomic E-state index is 0.0905. The molecule has 0 aromatic carbocycles. The van der Waals surface area contributed by atoms with Crippen LogP contribution in [0.15, 0.2) is 0 Å². The van der Waals surface area contributed by atoms with Crippen LogP contribution in [0.5, 0.6) is 0 Å². The van der Waals surface area contributed by atoms with Gasteiger partial charge in [0.1, 0.15) is 0 Å². The van der Waals surface area contributed by atoms with Gasteiger partial charge in [-0.3, -0.25) is 11.3 Å². The molecule has 15 heavy (non-hydrogen) atoms. The van der Waals surface area contributed by atoms with Gasteiger partial charge in [-0.2, -0.15) is 0 Å². The quantitative estimate of drug-likeness (QED) is 0.290. The third kappa shape index (κ3) is 3.49. The standard InChI is InChI=1S/C12H22N2O/c1-3-4-5-7-11(14-13)10-12(15-2)8-6-9-12/h1,11,14H,4-10,13H2,2H3. The fourth-order valence-corrected chi connectivity index (χ4v) is 2.21. The van der Waals surface area contributed by atoms with Gasteiger partial charge >= 0.3 is 0 Å². The second kappa shape index (κ2) is 6.12. The van der Waals surface area contributed by atoms with Gasteiger partial charge in [-0.15, -0.1) is 12.3 Å². The zero-order valence-electron chi connectivity index (χ0n) is 9.59. The van der Waals surface area contributed by atoms with Crippen molar-refractivity contribution >= 4 is 0 Å². The zero-order chi connectivity index (χ0) is 11.1. The molecule has 3 N–H and O–H groups in total. The van der Waals surface area contributed by atoms with E-state index >= 15 is 0 Å². The summed E-state index contributed by atoms with van der Waals surface area (Å²) in [6.45, 7) is 0. The summed E-state index contributed by atoms with van der Waals surface area (Å²) in [6.07, 6.45) is 12.7. The number of terminal acetylenes is 1. The molecule has 1 saturated carbocycles. The monoisotopic (exact) mass is 210 g/mol. The maximum Gasteiger partial charge on any atom is 0.0694 e. The molecule has 86 valence electrons. The van der Waals surface area contributed by atoms with Crippen molar-refractivity contribution in [3.05, 3.63) is 0 Å². The number of nitrogens with one attached hydrogen (secondary N) is 1. The first-order valence-corrected chi connectivity index (χ1v) is 5.71. The number of hydrogen-bond donors (Lipinski definition) is 2. The van der Waals surface area contributed by atoms with Gasteiger partial charge in [-0.1, -0.05) is 0 Å². The molecule has 1 aliphatic rings. The molecule has 0 bridgehead atoms. The van der Waals surface area contributed by atoms with E-state index in [1.54, 1.807) is 7.11 Å². The Morgan fingerprint density at radius 2 is 2.33 bits per heavy atom. The lowest BCUT2D eigenvalue weighted by Crippen LogP contribution is -2.47. The van der Waals surface area contributed by atoms with Gasteiger partial charge in [0.2, 0.25) is 0 Å². The van der Waals surface area contributed by atoms with Gasteiger partial charge in [0, 0.05) is 19.6 Å². The van der Waals surface area contributed by atoms with E-state index in [0.717, 1.165) is 38.5 Å². The lowest BCUT2D eigenvalue weighted by Gasteiger charge is -2.42. The van der Waals surface area contributed by atoms with Gasteiger partial charge in [0.15, 0.2) is 0 Å². The van der Waals surface area contributed by atoms with Crippen molar-refractivity contribution in [1.29, 1.82) is 0 Å². The number of hydrazine groups is 1. The summed E-state index contributed by atoms with van der Waals surface area (Å²) in [4.78, 5) is 0. The van der Waals surface area contributed by atoms with Crippen LogP contribution in [0.3, 0.4) is 0 Å². The van der Waals surface area contributed by atoms with Crippen LogP contribution >= 0.6 is 0 Å². The topological polar surface area (TPSA) is 47.3 Å². The van der Waals surface area contributed by atoms with Crippen LogP contribution in [0.4, 0.5) is 0 Å². The van der Waals surface area contributed by atoms with Crippen molar-refractivity contribution in [2.24, 2.45) is 5.84 Å². The summed E-state index contributed by atoms with van der Waals surface area (Å²) in [6, 6.07) is 0.332. The highest BCUT2D eigenvalue weighted by molar-refractivity contribution is 4.93. The number of unbranched alkanes of at least 4 members (excludes halogenated alkanes) is 1. The van der Waals surface area contributed by atoms with Crippen LogP contribution in [-0.2, 0) is 4.74 Å². The highest BCUT2D eigenvalue weighted by atomic mass is 16.5. The van der Waals surface area contributed by atoms with Crippen LogP contribution in [0.1, 0.15) is 44.9 Å². The molecule has 3 nitrogen and oxygen atoms in total. The molecule has 0 aliphatic heterocycles. The number of rotatable bonds is 7. The first-order chi connectivity index (χ1) is 7.26. The van der Waals surface area contributed by atoms with Gasteiger partial charge in [-0.05, 0) is 38.5 Å². The molecule has 3 heteroatoms. The molecule has 1 rings (SSSR count). The Bertz CT molecular complexity index is 213. The maximum absolute atomic E-state index is 5.58. The first kappa shape index (κ1) is 12.5. The van der Waals surface area contributed by atoms with Crippen LogP contribution in [0.25, 0.3) is 0 Å². The molecule has 0 radical (unpaired) electrons.